The van der Waals surface area contributed by atoms with Gasteiger partial charge in [-0.05, 0) is 56.1 Å². The van der Waals surface area contributed by atoms with Gasteiger partial charge in [0.25, 0.3) is 5.91 Å². The molecule has 0 spiro atoms. The number of rotatable bonds is 3. The Morgan fingerprint density at radius 1 is 1.20 bits per heavy atom. The number of fused-ring (bicyclic) bond motifs is 1. The van der Waals surface area contributed by atoms with Gasteiger partial charge < -0.3 is 4.90 Å². The van der Waals surface area contributed by atoms with E-state index in [1.165, 1.54) is 37.8 Å². The van der Waals surface area contributed by atoms with Crippen molar-refractivity contribution in [3.63, 3.8) is 0 Å². The minimum Gasteiger partial charge on any atom is -0.333 e. The summed E-state index contributed by atoms with van der Waals surface area (Å²) in [6.07, 6.45) is 8.27. The lowest BCUT2D eigenvalue weighted by Gasteiger charge is -2.46. The number of piperidine rings is 1. The number of likely N-dealkylation sites (N-methyl/N-ethyl adjacent to an activating group) is 1. The normalized spacial score (nSPS) is 30.9. The van der Waals surface area contributed by atoms with Gasteiger partial charge in [0.05, 0.1) is 5.56 Å². The molecule has 5 heteroatoms. The smallest absolute Gasteiger partial charge is 0.255 e. The second-order valence-electron chi connectivity index (χ2n) is 9.65. The molecule has 0 radical (unpaired) electrons. The van der Waals surface area contributed by atoms with Gasteiger partial charge in [-0.3, -0.25) is 14.7 Å². The summed E-state index contributed by atoms with van der Waals surface area (Å²) in [7, 11) is 2.25. The van der Waals surface area contributed by atoms with E-state index in [0.717, 1.165) is 24.2 Å². The molecule has 0 N–H and O–H groups in total. The number of nitrogens with zero attached hydrogens (tertiary/aromatic N) is 3. The number of amides is 1. The van der Waals surface area contributed by atoms with Crippen molar-refractivity contribution in [1.29, 1.82) is 0 Å². The van der Waals surface area contributed by atoms with Gasteiger partial charge in [0, 0.05) is 48.4 Å². The number of carbonyl (C=O) groups excluding carboxylic acids is 1. The van der Waals surface area contributed by atoms with Gasteiger partial charge in [-0.2, -0.15) is 0 Å². The van der Waals surface area contributed by atoms with Crippen molar-refractivity contribution in [3.8, 4) is 0 Å². The first-order valence-electron chi connectivity index (χ1n) is 11.2. The zero-order valence-electron chi connectivity index (χ0n) is 17.9. The van der Waals surface area contributed by atoms with E-state index < -0.39 is 0 Å². The maximum Gasteiger partial charge on any atom is 0.255 e. The predicted molar refractivity (Wildman–Crippen MR) is 115 cm³/mol. The van der Waals surface area contributed by atoms with Gasteiger partial charge in [-0.25, -0.2) is 4.39 Å². The van der Waals surface area contributed by atoms with Crippen molar-refractivity contribution in [2.45, 2.75) is 63.6 Å². The van der Waals surface area contributed by atoms with E-state index in [-0.39, 0.29) is 17.1 Å². The maximum atomic E-state index is 13.5. The number of hydrogen-bond donors (Lipinski definition) is 0. The Kier molecular flexibility index (Phi) is 4.89. The zero-order chi connectivity index (χ0) is 20.9. The summed E-state index contributed by atoms with van der Waals surface area (Å²) in [6.45, 7) is 3.22. The molecule has 0 unspecified atom stereocenters. The van der Waals surface area contributed by atoms with E-state index >= 15 is 0 Å². The number of hydrogen-bond acceptors (Lipinski definition) is 3. The first kappa shape index (κ1) is 19.7. The standard InChI is InChI=1S/C25H30FN3O/c1-25-14-21-16-29(23(25)9-4-3-8-22(25)28(21)2)24(30)18-10-11-20(27-15-18)13-17-6-5-7-19(26)12-17/h5-7,10-12,15,21-23H,3-4,8-9,13-14,16H2,1-2H3/t21-,22-,23+,25-/m0/s1. The molecule has 4 nitrogen and oxygen atoms in total. The summed E-state index contributed by atoms with van der Waals surface area (Å²) in [6, 6.07) is 11.7. The summed E-state index contributed by atoms with van der Waals surface area (Å²) in [5.74, 6) is -0.129. The topological polar surface area (TPSA) is 36.4 Å². The van der Waals surface area contributed by atoms with Crippen LogP contribution in [0.15, 0.2) is 42.6 Å². The van der Waals surface area contributed by atoms with Crippen molar-refractivity contribution in [3.05, 3.63) is 65.2 Å². The van der Waals surface area contributed by atoms with Crippen LogP contribution in [0.5, 0.6) is 0 Å². The van der Waals surface area contributed by atoms with Crippen LogP contribution in [0.4, 0.5) is 4.39 Å². The quantitative estimate of drug-likeness (QED) is 0.762. The van der Waals surface area contributed by atoms with E-state index in [1.54, 1.807) is 12.3 Å². The third-order valence-electron chi connectivity index (χ3n) is 7.86. The predicted octanol–water partition coefficient (Wildman–Crippen LogP) is 4.29. The molecular formula is C25H30FN3O. The molecule has 3 fully saturated rings. The molecule has 1 aromatic carbocycles. The van der Waals surface area contributed by atoms with Crippen LogP contribution in [0.2, 0.25) is 0 Å². The van der Waals surface area contributed by atoms with E-state index in [2.05, 4.69) is 28.8 Å². The Balaban J connectivity index is 1.37. The molecule has 5 rings (SSSR count). The fourth-order valence-electron chi connectivity index (χ4n) is 6.37. The van der Waals surface area contributed by atoms with Gasteiger partial charge in [-0.1, -0.05) is 31.9 Å². The Labute approximate surface area is 178 Å². The number of likely N-dealkylation sites (tertiary alicyclic amines) is 2. The Bertz CT molecular complexity index is 946. The van der Waals surface area contributed by atoms with Crippen LogP contribution in [-0.2, 0) is 6.42 Å². The summed E-state index contributed by atoms with van der Waals surface area (Å²) in [4.78, 5) is 22.7. The lowest BCUT2D eigenvalue weighted by molar-refractivity contribution is 0.0283. The van der Waals surface area contributed by atoms with E-state index in [0.29, 0.717) is 30.1 Å². The number of benzene rings is 1. The second-order valence-corrected chi connectivity index (χ2v) is 9.65. The fourth-order valence-corrected chi connectivity index (χ4v) is 6.37. The third-order valence-corrected chi connectivity index (χ3v) is 7.86. The third kappa shape index (κ3) is 3.24. The van der Waals surface area contributed by atoms with Crippen molar-refractivity contribution < 1.29 is 9.18 Å². The second kappa shape index (κ2) is 7.45. The van der Waals surface area contributed by atoms with Crippen molar-refractivity contribution in [2.24, 2.45) is 5.41 Å². The molecule has 158 valence electrons. The molecule has 2 bridgehead atoms. The lowest BCUT2D eigenvalue weighted by Crippen LogP contribution is -2.55. The van der Waals surface area contributed by atoms with Crippen LogP contribution in [0.25, 0.3) is 0 Å². The summed E-state index contributed by atoms with van der Waals surface area (Å²) >= 11 is 0. The average molecular weight is 408 g/mol. The number of carbonyl (C=O) groups is 1. The van der Waals surface area contributed by atoms with Crippen LogP contribution in [0, 0.1) is 11.2 Å². The van der Waals surface area contributed by atoms with Crippen molar-refractivity contribution in [2.75, 3.05) is 13.6 Å². The molecule has 1 aromatic heterocycles. The van der Waals surface area contributed by atoms with Gasteiger partial charge >= 0.3 is 0 Å². The Hall–Kier alpha value is -2.27. The molecule has 1 amide bonds. The van der Waals surface area contributed by atoms with Crippen LogP contribution < -0.4 is 0 Å². The minimum atomic E-state index is -0.237. The molecule has 1 saturated carbocycles. The van der Waals surface area contributed by atoms with E-state index in [4.69, 9.17) is 0 Å². The fraction of sp³-hybridized carbons (Fsp3) is 0.520. The average Bonchev–Trinajstić information content (AvgIpc) is 2.84. The number of aromatic nitrogens is 1. The van der Waals surface area contributed by atoms with Crippen LogP contribution in [0.1, 0.15) is 60.6 Å². The van der Waals surface area contributed by atoms with Gasteiger partial charge in [0.2, 0.25) is 0 Å². The van der Waals surface area contributed by atoms with E-state index in [1.807, 2.05) is 18.2 Å². The molecule has 1 aliphatic carbocycles. The van der Waals surface area contributed by atoms with Crippen LogP contribution in [0.3, 0.4) is 0 Å². The highest BCUT2D eigenvalue weighted by molar-refractivity contribution is 5.94. The molecule has 3 heterocycles. The molecule has 30 heavy (non-hydrogen) atoms. The molecule has 2 aliphatic heterocycles. The highest BCUT2D eigenvalue weighted by Gasteiger charge is 2.58. The number of halogens is 1. The summed E-state index contributed by atoms with van der Waals surface area (Å²) in [5, 5.41) is 0. The minimum absolute atomic E-state index is 0.108. The largest absolute Gasteiger partial charge is 0.333 e. The van der Waals surface area contributed by atoms with Gasteiger partial charge in [-0.15, -0.1) is 0 Å². The Morgan fingerprint density at radius 3 is 2.73 bits per heavy atom. The first-order valence-corrected chi connectivity index (χ1v) is 11.2. The molecule has 2 aromatic rings. The lowest BCUT2D eigenvalue weighted by atomic mass is 9.71. The monoisotopic (exact) mass is 407 g/mol. The van der Waals surface area contributed by atoms with Crippen LogP contribution in [-0.4, -0.2) is 52.4 Å². The number of pyridine rings is 1. The highest BCUT2D eigenvalue weighted by atomic mass is 19.1. The van der Waals surface area contributed by atoms with Crippen molar-refractivity contribution >= 4 is 5.91 Å². The molecule has 3 aliphatic rings. The summed E-state index contributed by atoms with van der Waals surface area (Å²) < 4.78 is 13.4. The zero-order valence-corrected chi connectivity index (χ0v) is 17.9. The van der Waals surface area contributed by atoms with Gasteiger partial charge in [0.15, 0.2) is 0 Å². The van der Waals surface area contributed by atoms with Crippen molar-refractivity contribution in [1.82, 2.24) is 14.8 Å². The SMILES string of the molecule is CN1[C@@H]2CN(C(=O)c3ccc(Cc4cccc(F)c4)nc3)[C@@H]3CCCC[C@H]1[C@]3(C)C2. The van der Waals surface area contributed by atoms with E-state index in [9.17, 15) is 9.18 Å². The molecular weight excluding hydrogens is 377 g/mol. The van der Waals surface area contributed by atoms with Gasteiger partial charge in [0.1, 0.15) is 5.82 Å². The molecule has 2 saturated heterocycles. The Morgan fingerprint density at radius 2 is 2.00 bits per heavy atom. The maximum absolute atomic E-state index is 13.5. The highest BCUT2D eigenvalue weighted by Crippen LogP contribution is 2.52. The summed E-state index contributed by atoms with van der Waals surface area (Å²) in [5.41, 5.74) is 2.58. The van der Waals surface area contributed by atoms with Crippen LogP contribution >= 0.6 is 0 Å². The first-order chi connectivity index (χ1) is 14.5. The molecule has 4 atom stereocenters.